The quantitative estimate of drug-likeness (QED) is 0.248. The standard InChI is InChI=1S/C27H29ClN6O/c1-19-9-6-7-14-23(19)31-26(30-18-29)33-15-16-34(24(17-33)21-11-4-3-5-12-21)27(35)32-25-20(2)10-8-13-22(25)28/h3-14,24,26,30-31H,15-17H2,1-2H3,(H,32,35). The number of halogens is 1. The predicted octanol–water partition coefficient (Wildman–Crippen LogP) is 5.31. The summed E-state index contributed by atoms with van der Waals surface area (Å²) in [5.41, 5.74) is 4.59. The van der Waals surface area contributed by atoms with E-state index >= 15 is 0 Å². The minimum Gasteiger partial charge on any atom is -0.352 e. The summed E-state index contributed by atoms with van der Waals surface area (Å²) < 4.78 is 0. The molecule has 0 radical (unpaired) electrons. The summed E-state index contributed by atoms with van der Waals surface area (Å²) >= 11 is 6.37. The van der Waals surface area contributed by atoms with Gasteiger partial charge in [0.1, 0.15) is 0 Å². The predicted molar refractivity (Wildman–Crippen MR) is 140 cm³/mol. The third-order valence-corrected chi connectivity index (χ3v) is 6.63. The lowest BCUT2D eigenvalue weighted by Crippen LogP contribution is -2.59. The second-order valence-corrected chi connectivity index (χ2v) is 9.00. The number of carbonyl (C=O) groups is 1. The Kier molecular flexibility index (Phi) is 7.76. The number of urea groups is 1. The molecule has 3 N–H and O–H groups in total. The summed E-state index contributed by atoms with van der Waals surface area (Å²) in [5, 5.41) is 19.3. The summed E-state index contributed by atoms with van der Waals surface area (Å²) in [6.07, 6.45) is 1.66. The molecular weight excluding hydrogens is 460 g/mol. The number of nitrogens with one attached hydrogen (secondary N) is 3. The van der Waals surface area contributed by atoms with Gasteiger partial charge in [0.15, 0.2) is 12.5 Å². The third kappa shape index (κ3) is 5.68. The lowest BCUT2D eigenvalue weighted by atomic mass is 10.0. The van der Waals surface area contributed by atoms with Crippen LogP contribution in [0.15, 0.2) is 72.8 Å². The Morgan fingerprint density at radius 1 is 1.00 bits per heavy atom. The molecule has 0 spiro atoms. The van der Waals surface area contributed by atoms with E-state index in [1.54, 1.807) is 6.07 Å². The molecule has 1 aliphatic heterocycles. The molecule has 1 fully saturated rings. The maximum absolute atomic E-state index is 13.4. The third-order valence-electron chi connectivity index (χ3n) is 6.31. The van der Waals surface area contributed by atoms with Crippen molar-refractivity contribution in [2.45, 2.75) is 26.2 Å². The highest BCUT2D eigenvalue weighted by atomic mass is 35.5. The van der Waals surface area contributed by atoms with Gasteiger partial charge in [-0.3, -0.25) is 10.2 Å². The van der Waals surface area contributed by atoms with Crippen LogP contribution in [0.4, 0.5) is 16.2 Å². The van der Waals surface area contributed by atoms with Crippen molar-refractivity contribution in [3.63, 3.8) is 0 Å². The van der Waals surface area contributed by atoms with Crippen LogP contribution in [-0.4, -0.2) is 41.8 Å². The molecule has 8 heteroatoms. The van der Waals surface area contributed by atoms with E-state index in [2.05, 4.69) is 27.0 Å². The van der Waals surface area contributed by atoms with Crippen molar-refractivity contribution in [3.05, 3.63) is 94.5 Å². The van der Waals surface area contributed by atoms with Crippen molar-refractivity contribution < 1.29 is 4.79 Å². The highest BCUT2D eigenvalue weighted by Gasteiger charge is 2.35. The summed E-state index contributed by atoms with van der Waals surface area (Å²) in [6, 6.07) is 23.1. The highest BCUT2D eigenvalue weighted by Crippen LogP contribution is 2.30. The van der Waals surface area contributed by atoms with Crippen molar-refractivity contribution in [3.8, 4) is 6.19 Å². The van der Waals surface area contributed by atoms with Crippen molar-refractivity contribution in [1.82, 2.24) is 15.1 Å². The van der Waals surface area contributed by atoms with E-state index in [1.807, 2.05) is 85.5 Å². The second kappa shape index (κ2) is 11.1. The fourth-order valence-corrected chi connectivity index (χ4v) is 4.64. The number of hydrogen-bond acceptors (Lipinski definition) is 5. The molecular formula is C27H29ClN6O. The van der Waals surface area contributed by atoms with Crippen LogP contribution in [0, 0.1) is 25.3 Å². The van der Waals surface area contributed by atoms with Gasteiger partial charge < -0.3 is 15.5 Å². The fourth-order valence-electron chi connectivity index (χ4n) is 4.37. The molecule has 2 atom stereocenters. The zero-order valence-electron chi connectivity index (χ0n) is 19.8. The summed E-state index contributed by atoms with van der Waals surface area (Å²) in [6.45, 7) is 5.54. The van der Waals surface area contributed by atoms with Crippen molar-refractivity contribution in [2.75, 3.05) is 30.3 Å². The van der Waals surface area contributed by atoms with Gasteiger partial charge in [0, 0.05) is 25.3 Å². The van der Waals surface area contributed by atoms with E-state index in [-0.39, 0.29) is 12.1 Å². The van der Waals surface area contributed by atoms with Gasteiger partial charge >= 0.3 is 6.03 Å². The molecule has 2 amide bonds. The van der Waals surface area contributed by atoms with Gasteiger partial charge in [-0.25, -0.2) is 4.79 Å². The lowest BCUT2D eigenvalue weighted by molar-refractivity contribution is 0.0733. The number of anilines is 2. The number of carbonyl (C=O) groups excluding carboxylic acids is 1. The average molecular weight is 489 g/mol. The average Bonchev–Trinajstić information content (AvgIpc) is 2.87. The summed E-state index contributed by atoms with van der Waals surface area (Å²) in [4.78, 5) is 17.4. The Balaban J connectivity index is 1.58. The Morgan fingerprint density at radius 3 is 2.43 bits per heavy atom. The van der Waals surface area contributed by atoms with Crippen LogP contribution in [0.25, 0.3) is 0 Å². The first-order valence-corrected chi connectivity index (χ1v) is 11.9. The monoisotopic (exact) mass is 488 g/mol. The number of aryl methyl sites for hydroxylation is 2. The molecule has 0 aromatic heterocycles. The number of nitrogens with zero attached hydrogens (tertiary/aromatic N) is 3. The number of benzene rings is 3. The Hall–Kier alpha value is -3.73. The molecule has 0 saturated carbocycles. The number of amides is 2. The number of nitriles is 1. The molecule has 3 aromatic rings. The van der Waals surface area contributed by atoms with Crippen molar-refractivity contribution in [2.24, 2.45) is 0 Å². The van der Waals surface area contributed by atoms with Gasteiger partial charge in [-0.1, -0.05) is 72.3 Å². The summed E-state index contributed by atoms with van der Waals surface area (Å²) in [5.74, 6) is 0. The normalized spacial score (nSPS) is 16.7. The van der Waals surface area contributed by atoms with Crippen LogP contribution in [0.3, 0.4) is 0 Å². The second-order valence-electron chi connectivity index (χ2n) is 8.59. The van der Waals surface area contributed by atoms with Gasteiger partial charge in [0.05, 0.1) is 16.8 Å². The first-order valence-electron chi connectivity index (χ1n) is 11.6. The molecule has 7 nitrogen and oxygen atoms in total. The van der Waals surface area contributed by atoms with Crippen LogP contribution >= 0.6 is 11.6 Å². The molecule has 3 aromatic carbocycles. The van der Waals surface area contributed by atoms with Crippen LogP contribution in [0.2, 0.25) is 5.02 Å². The molecule has 1 aliphatic rings. The molecule has 180 valence electrons. The molecule has 0 aliphatic carbocycles. The lowest BCUT2D eigenvalue weighted by Gasteiger charge is -2.44. The van der Waals surface area contributed by atoms with Gasteiger partial charge in [-0.15, -0.1) is 0 Å². The highest BCUT2D eigenvalue weighted by molar-refractivity contribution is 6.33. The number of para-hydroxylation sites is 2. The Labute approximate surface area is 211 Å². The zero-order valence-corrected chi connectivity index (χ0v) is 20.6. The number of hydrogen-bond donors (Lipinski definition) is 3. The SMILES string of the molecule is Cc1ccccc1NC(NC#N)N1CCN(C(=O)Nc2c(C)cccc2Cl)C(c2ccccc2)C1. The van der Waals surface area contributed by atoms with E-state index in [4.69, 9.17) is 11.6 Å². The van der Waals surface area contributed by atoms with E-state index in [1.165, 1.54) is 0 Å². The van der Waals surface area contributed by atoms with E-state index in [9.17, 15) is 10.1 Å². The Morgan fingerprint density at radius 2 is 1.71 bits per heavy atom. The van der Waals surface area contributed by atoms with E-state index < -0.39 is 6.29 Å². The molecule has 0 bridgehead atoms. The van der Waals surface area contributed by atoms with Crippen LogP contribution in [0.1, 0.15) is 22.7 Å². The maximum atomic E-state index is 13.4. The van der Waals surface area contributed by atoms with Crippen molar-refractivity contribution in [1.29, 1.82) is 5.26 Å². The minimum atomic E-state index is -0.414. The first-order chi connectivity index (χ1) is 17.0. The van der Waals surface area contributed by atoms with E-state index in [0.717, 1.165) is 22.4 Å². The fraction of sp³-hybridized carbons (Fsp3) is 0.259. The summed E-state index contributed by atoms with van der Waals surface area (Å²) in [7, 11) is 0. The van der Waals surface area contributed by atoms with Gasteiger partial charge in [0.2, 0.25) is 0 Å². The molecule has 1 saturated heterocycles. The molecule has 2 unspecified atom stereocenters. The van der Waals surface area contributed by atoms with Crippen LogP contribution < -0.4 is 16.0 Å². The molecule has 1 heterocycles. The van der Waals surface area contributed by atoms with Gasteiger partial charge in [-0.2, -0.15) is 5.26 Å². The Bertz CT molecular complexity index is 1190. The maximum Gasteiger partial charge on any atom is 0.322 e. The largest absolute Gasteiger partial charge is 0.352 e. The number of rotatable bonds is 6. The minimum absolute atomic E-state index is 0.202. The zero-order chi connectivity index (χ0) is 24.8. The first kappa shape index (κ1) is 24.4. The van der Waals surface area contributed by atoms with Crippen molar-refractivity contribution >= 4 is 29.0 Å². The molecule has 35 heavy (non-hydrogen) atoms. The number of piperazine rings is 1. The van der Waals surface area contributed by atoms with E-state index in [0.29, 0.717) is 30.3 Å². The van der Waals surface area contributed by atoms with Crippen LogP contribution in [-0.2, 0) is 0 Å². The topological polar surface area (TPSA) is 83.4 Å². The molecule has 4 rings (SSSR count). The van der Waals surface area contributed by atoms with Crippen LogP contribution in [0.5, 0.6) is 0 Å². The van der Waals surface area contributed by atoms with Gasteiger partial charge in [-0.05, 0) is 42.7 Å². The van der Waals surface area contributed by atoms with Gasteiger partial charge in [0.25, 0.3) is 0 Å². The smallest absolute Gasteiger partial charge is 0.322 e.